The van der Waals surface area contributed by atoms with E-state index in [-0.39, 0.29) is 0 Å². The molecular weight excluding hydrogens is 218 g/mol. The van der Waals surface area contributed by atoms with Crippen molar-refractivity contribution >= 4 is 11.3 Å². The molecule has 2 aromatic heterocycles. The predicted molar refractivity (Wildman–Crippen MR) is 65.6 cm³/mol. The Morgan fingerprint density at radius 2 is 2.31 bits per heavy atom. The van der Waals surface area contributed by atoms with Crippen LogP contribution in [0.25, 0.3) is 0 Å². The van der Waals surface area contributed by atoms with Gasteiger partial charge in [0.2, 0.25) is 0 Å². The lowest BCUT2D eigenvalue weighted by molar-refractivity contribution is 0.483. The molecule has 0 saturated heterocycles. The molecule has 0 atom stereocenters. The van der Waals surface area contributed by atoms with Gasteiger partial charge in [0.05, 0.1) is 12.8 Å². The van der Waals surface area contributed by atoms with Crippen LogP contribution in [0.3, 0.4) is 0 Å². The normalized spacial score (nSPS) is 14.2. The van der Waals surface area contributed by atoms with Gasteiger partial charge in [-0.15, -0.1) is 11.3 Å². The third-order valence-electron chi connectivity index (χ3n) is 2.98. The second-order valence-electron chi connectivity index (χ2n) is 4.20. The van der Waals surface area contributed by atoms with Gasteiger partial charge in [-0.25, -0.2) is 0 Å². The van der Waals surface area contributed by atoms with Gasteiger partial charge in [0.15, 0.2) is 0 Å². The van der Waals surface area contributed by atoms with Crippen LogP contribution in [0.5, 0.6) is 0 Å². The minimum atomic E-state index is 0.815. The fraction of sp³-hybridized carbons (Fsp3) is 0.385. The first-order chi connectivity index (χ1) is 7.92. The Morgan fingerprint density at radius 1 is 1.31 bits per heavy atom. The van der Waals surface area contributed by atoms with Crippen LogP contribution < -0.4 is 5.32 Å². The maximum atomic E-state index is 5.27. The summed E-state index contributed by atoms with van der Waals surface area (Å²) in [5.41, 5.74) is 1.58. The number of rotatable bonds is 4. The summed E-state index contributed by atoms with van der Waals surface area (Å²) in [5.74, 6) is 1.00. The van der Waals surface area contributed by atoms with Crippen LogP contribution in [0.2, 0.25) is 0 Å². The average molecular weight is 233 g/mol. The van der Waals surface area contributed by atoms with Crippen LogP contribution >= 0.6 is 11.3 Å². The Morgan fingerprint density at radius 3 is 3.12 bits per heavy atom. The average Bonchev–Trinajstić information content (AvgIpc) is 2.91. The molecule has 1 aliphatic rings. The fourth-order valence-electron chi connectivity index (χ4n) is 2.20. The van der Waals surface area contributed by atoms with Crippen LogP contribution in [0.4, 0.5) is 0 Å². The summed E-state index contributed by atoms with van der Waals surface area (Å²) in [5, 5.41) is 3.41. The van der Waals surface area contributed by atoms with Crippen molar-refractivity contribution < 1.29 is 4.42 Å². The van der Waals surface area contributed by atoms with Crippen LogP contribution in [0, 0.1) is 0 Å². The van der Waals surface area contributed by atoms with Crippen molar-refractivity contribution in [1.29, 1.82) is 0 Å². The van der Waals surface area contributed by atoms with E-state index in [1.807, 2.05) is 23.5 Å². The van der Waals surface area contributed by atoms with Gasteiger partial charge in [-0.3, -0.25) is 0 Å². The molecule has 0 aromatic carbocycles. The molecule has 0 bridgehead atoms. The number of hydrogen-bond acceptors (Lipinski definition) is 3. The molecule has 0 spiro atoms. The summed E-state index contributed by atoms with van der Waals surface area (Å²) in [6.07, 6.45) is 5.64. The van der Waals surface area contributed by atoms with Crippen molar-refractivity contribution in [3.63, 3.8) is 0 Å². The van der Waals surface area contributed by atoms with Gasteiger partial charge in [-0.1, -0.05) is 0 Å². The molecule has 0 fully saturated rings. The molecule has 1 aliphatic carbocycles. The lowest BCUT2D eigenvalue weighted by Crippen LogP contribution is -2.11. The highest BCUT2D eigenvalue weighted by atomic mass is 32.1. The Hall–Kier alpha value is -1.06. The van der Waals surface area contributed by atoms with Gasteiger partial charge in [-0.05, 0) is 43.0 Å². The summed E-state index contributed by atoms with van der Waals surface area (Å²) in [6, 6.07) is 6.29. The first kappa shape index (κ1) is 10.1. The van der Waals surface area contributed by atoms with Gasteiger partial charge in [0, 0.05) is 16.3 Å². The summed E-state index contributed by atoms with van der Waals surface area (Å²) < 4.78 is 5.27. The summed E-state index contributed by atoms with van der Waals surface area (Å²) in [6.45, 7) is 1.77. The third-order valence-corrected chi connectivity index (χ3v) is 4.21. The molecule has 2 heterocycles. The highest BCUT2D eigenvalue weighted by Gasteiger charge is 2.14. The molecule has 0 amide bonds. The van der Waals surface area contributed by atoms with E-state index in [0.717, 1.165) is 18.8 Å². The molecule has 84 valence electrons. The topological polar surface area (TPSA) is 25.2 Å². The van der Waals surface area contributed by atoms with Gasteiger partial charge in [0.1, 0.15) is 5.76 Å². The van der Waals surface area contributed by atoms with Crippen LogP contribution in [-0.4, -0.2) is 0 Å². The Bertz CT molecular complexity index is 437. The Labute approximate surface area is 99.3 Å². The fourth-order valence-corrected chi connectivity index (χ4v) is 3.43. The monoisotopic (exact) mass is 233 g/mol. The first-order valence-corrected chi connectivity index (χ1v) is 6.57. The summed E-state index contributed by atoms with van der Waals surface area (Å²) in [4.78, 5) is 3.06. The maximum absolute atomic E-state index is 5.27. The SMILES string of the molecule is c1coc(CNCc2cc3c(s2)CCC3)c1. The molecule has 0 saturated carbocycles. The highest BCUT2D eigenvalue weighted by molar-refractivity contribution is 7.12. The zero-order valence-corrected chi connectivity index (χ0v) is 9.98. The van der Waals surface area contributed by atoms with Gasteiger partial charge < -0.3 is 9.73 Å². The van der Waals surface area contributed by atoms with Gasteiger partial charge in [0.25, 0.3) is 0 Å². The smallest absolute Gasteiger partial charge is 0.117 e. The quantitative estimate of drug-likeness (QED) is 0.877. The van der Waals surface area contributed by atoms with Crippen LogP contribution in [0.15, 0.2) is 28.9 Å². The van der Waals surface area contributed by atoms with E-state index in [0.29, 0.717) is 0 Å². The van der Waals surface area contributed by atoms with Crippen molar-refractivity contribution in [3.8, 4) is 0 Å². The van der Waals surface area contributed by atoms with Gasteiger partial charge >= 0.3 is 0 Å². The minimum absolute atomic E-state index is 0.815. The zero-order chi connectivity index (χ0) is 10.8. The van der Waals surface area contributed by atoms with E-state index >= 15 is 0 Å². The molecular formula is C13H15NOS. The molecule has 0 radical (unpaired) electrons. The molecule has 3 rings (SSSR count). The van der Waals surface area contributed by atoms with E-state index in [9.17, 15) is 0 Å². The standard InChI is InChI=1S/C13H15NOS/c1-3-10-7-12(16-13(10)5-1)9-14-8-11-4-2-6-15-11/h2,4,6-7,14H,1,3,5,8-9H2. The number of thiophene rings is 1. The lowest BCUT2D eigenvalue weighted by Gasteiger charge is -1.99. The molecule has 0 aliphatic heterocycles. The molecule has 2 nitrogen and oxygen atoms in total. The van der Waals surface area contributed by atoms with Crippen LogP contribution in [0.1, 0.15) is 27.5 Å². The van der Waals surface area contributed by atoms with E-state index in [1.165, 1.54) is 24.1 Å². The number of furan rings is 1. The van der Waals surface area contributed by atoms with E-state index in [4.69, 9.17) is 4.42 Å². The van der Waals surface area contributed by atoms with Crippen molar-refractivity contribution in [2.45, 2.75) is 32.4 Å². The van der Waals surface area contributed by atoms with E-state index < -0.39 is 0 Å². The number of fused-ring (bicyclic) bond motifs is 1. The maximum Gasteiger partial charge on any atom is 0.117 e. The third kappa shape index (κ3) is 2.06. The highest BCUT2D eigenvalue weighted by Crippen LogP contribution is 2.30. The minimum Gasteiger partial charge on any atom is -0.468 e. The molecule has 1 N–H and O–H groups in total. The van der Waals surface area contributed by atoms with Crippen molar-refractivity contribution in [1.82, 2.24) is 5.32 Å². The predicted octanol–water partition coefficient (Wildman–Crippen LogP) is 3.12. The molecule has 3 heteroatoms. The second-order valence-corrected chi connectivity index (χ2v) is 5.42. The summed E-state index contributed by atoms with van der Waals surface area (Å²) in [7, 11) is 0. The number of nitrogens with one attached hydrogen (secondary N) is 1. The molecule has 2 aromatic rings. The van der Waals surface area contributed by atoms with Crippen molar-refractivity contribution in [2.75, 3.05) is 0 Å². The zero-order valence-electron chi connectivity index (χ0n) is 9.16. The van der Waals surface area contributed by atoms with E-state index in [2.05, 4.69) is 11.4 Å². The Balaban J connectivity index is 1.54. The molecule has 0 unspecified atom stereocenters. The first-order valence-electron chi connectivity index (χ1n) is 5.75. The Kier molecular flexibility index (Phi) is 2.80. The largest absolute Gasteiger partial charge is 0.468 e. The van der Waals surface area contributed by atoms with Crippen molar-refractivity contribution in [2.24, 2.45) is 0 Å². The van der Waals surface area contributed by atoms with Gasteiger partial charge in [-0.2, -0.15) is 0 Å². The van der Waals surface area contributed by atoms with Crippen molar-refractivity contribution in [3.05, 3.63) is 45.5 Å². The number of hydrogen-bond donors (Lipinski definition) is 1. The summed E-state index contributed by atoms with van der Waals surface area (Å²) >= 11 is 1.97. The second kappa shape index (κ2) is 4.44. The van der Waals surface area contributed by atoms with Crippen LogP contribution in [-0.2, 0) is 25.9 Å². The van der Waals surface area contributed by atoms with E-state index in [1.54, 1.807) is 16.7 Å². The molecule has 16 heavy (non-hydrogen) atoms. The number of aryl methyl sites for hydroxylation is 2. The lowest BCUT2D eigenvalue weighted by atomic mass is 10.2.